The number of carbonyl (C=O) groups excluding carboxylic acids is 1. The Bertz CT molecular complexity index is 396. The molecule has 3 N–H and O–H groups in total. The molecule has 0 heterocycles. The number of carbonyl (C=O) groups is 1. The van der Waals surface area contributed by atoms with Gasteiger partial charge in [-0.1, -0.05) is 11.6 Å². The average molecular weight is 257 g/mol. The van der Waals surface area contributed by atoms with E-state index in [-0.39, 0.29) is 12.0 Å². The molecule has 0 fully saturated rings. The molecule has 1 unspecified atom stereocenters. The normalized spacial score (nSPS) is 12.2. The number of hydrogen-bond donors (Lipinski definition) is 2. The van der Waals surface area contributed by atoms with E-state index in [1.54, 1.807) is 25.3 Å². The number of methoxy groups -OCH3 is 1. The minimum atomic E-state index is -0.0596. The Morgan fingerprint density at radius 1 is 1.59 bits per heavy atom. The zero-order valence-electron chi connectivity index (χ0n) is 10.00. The van der Waals surface area contributed by atoms with Gasteiger partial charge in [-0.05, 0) is 31.5 Å². The zero-order chi connectivity index (χ0) is 12.8. The number of amides is 1. The lowest BCUT2D eigenvalue weighted by atomic mass is 10.2. The van der Waals surface area contributed by atoms with Crippen LogP contribution in [0, 0.1) is 0 Å². The summed E-state index contributed by atoms with van der Waals surface area (Å²) in [6.07, 6.45) is 1.18. The van der Waals surface area contributed by atoms with Gasteiger partial charge in [-0.15, -0.1) is 0 Å². The molecule has 5 heteroatoms. The standard InChI is InChI=1S/C12H17ClN2O2/c1-8(17-2)3-6-12(16)15-9-4-5-10(13)11(14)7-9/h4-5,7-8H,3,6,14H2,1-2H3,(H,15,16). The number of nitrogens with one attached hydrogen (secondary N) is 1. The summed E-state index contributed by atoms with van der Waals surface area (Å²) in [6, 6.07) is 5.01. The smallest absolute Gasteiger partial charge is 0.224 e. The van der Waals surface area contributed by atoms with Gasteiger partial charge in [0.25, 0.3) is 0 Å². The van der Waals surface area contributed by atoms with E-state index in [1.807, 2.05) is 6.92 Å². The molecule has 1 atom stereocenters. The number of anilines is 2. The SMILES string of the molecule is COC(C)CCC(=O)Nc1ccc(Cl)c(N)c1. The molecule has 17 heavy (non-hydrogen) atoms. The highest BCUT2D eigenvalue weighted by Gasteiger charge is 2.07. The predicted octanol–water partition coefficient (Wildman–Crippen LogP) is 2.68. The minimum Gasteiger partial charge on any atom is -0.397 e. The molecule has 1 aromatic rings. The largest absolute Gasteiger partial charge is 0.397 e. The van der Waals surface area contributed by atoms with Crippen LogP contribution in [-0.4, -0.2) is 19.1 Å². The minimum absolute atomic E-state index is 0.0596. The van der Waals surface area contributed by atoms with Gasteiger partial charge in [0.15, 0.2) is 0 Å². The molecule has 0 saturated carbocycles. The van der Waals surface area contributed by atoms with E-state index in [0.29, 0.717) is 29.2 Å². The highest BCUT2D eigenvalue weighted by molar-refractivity contribution is 6.33. The van der Waals surface area contributed by atoms with E-state index < -0.39 is 0 Å². The molecule has 0 bridgehead atoms. The Hall–Kier alpha value is -1.26. The summed E-state index contributed by atoms with van der Waals surface area (Å²) in [5.74, 6) is -0.0596. The third-order valence-electron chi connectivity index (χ3n) is 2.46. The maximum absolute atomic E-state index is 11.6. The third kappa shape index (κ3) is 4.63. The number of halogens is 1. The van der Waals surface area contributed by atoms with Crippen LogP contribution in [0.5, 0.6) is 0 Å². The first-order chi connectivity index (χ1) is 8.02. The molecule has 0 aromatic heterocycles. The van der Waals surface area contributed by atoms with E-state index in [2.05, 4.69) is 5.32 Å². The van der Waals surface area contributed by atoms with Gasteiger partial charge in [0.2, 0.25) is 5.91 Å². The maximum Gasteiger partial charge on any atom is 0.224 e. The Morgan fingerprint density at radius 2 is 2.29 bits per heavy atom. The summed E-state index contributed by atoms with van der Waals surface area (Å²) < 4.78 is 5.07. The number of nitrogens with two attached hydrogens (primary N) is 1. The molecule has 1 rings (SSSR count). The molecule has 0 saturated heterocycles. The van der Waals surface area contributed by atoms with Crippen molar-refractivity contribution in [2.24, 2.45) is 0 Å². The van der Waals surface area contributed by atoms with Crippen LogP contribution in [0.2, 0.25) is 5.02 Å². The van der Waals surface area contributed by atoms with Crippen LogP contribution in [0.4, 0.5) is 11.4 Å². The van der Waals surface area contributed by atoms with Crippen molar-refractivity contribution in [3.8, 4) is 0 Å². The summed E-state index contributed by atoms with van der Waals surface area (Å²) in [5.41, 5.74) is 6.74. The van der Waals surface area contributed by atoms with Crippen molar-refractivity contribution in [2.75, 3.05) is 18.2 Å². The van der Waals surface area contributed by atoms with Gasteiger partial charge in [-0.25, -0.2) is 0 Å². The third-order valence-corrected chi connectivity index (χ3v) is 2.80. The number of ether oxygens (including phenoxy) is 1. The van der Waals surface area contributed by atoms with Crippen LogP contribution in [0.1, 0.15) is 19.8 Å². The van der Waals surface area contributed by atoms with Crippen molar-refractivity contribution in [1.29, 1.82) is 0 Å². The maximum atomic E-state index is 11.6. The molecule has 0 radical (unpaired) electrons. The van der Waals surface area contributed by atoms with Crippen LogP contribution in [0.25, 0.3) is 0 Å². The van der Waals surface area contributed by atoms with Gasteiger partial charge >= 0.3 is 0 Å². The zero-order valence-corrected chi connectivity index (χ0v) is 10.8. The van der Waals surface area contributed by atoms with E-state index in [9.17, 15) is 4.79 Å². The molecule has 94 valence electrons. The summed E-state index contributed by atoms with van der Waals surface area (Å²) in [5, 5.41) is 3.24. The van der Waals surface area contributed by atoms with Crippen molar-refractivity contribution < 1.29 is 9.53 Å². The van der Waals surface area contributed by atoms with Gasteiger partial charge in [0, 0.05) is 19.2 Å². The number of hydrogen-bond acceptors (Lipinski definition) is 3. The van der Waals surface area contributed by atoms with Crippen molar-refractivity contribution in [3.63, 3.8) is 0 Å². The van der Waals surface area contributed by atoms with Crippen molar-refractivity contribution >= 4 is 28.9 Å². The van der Waals surface area contributed by atoms with Crippen LogP contribution >= 0.6 is 11.6 Å². The van der Waals surface area contributed by atoms with Crippen molar-refractivity contribution in [1.82, 2.24) is 0 Å². The molecular formula is C12H17ClN2O2. The first kappa shape index (κ1) is 13.8. The van der Waals surface area contributed by atoms with E-state index in [0.717, 1.165) is 0 Å². The predicted molar refractivity (Wildman–Crippen MR) is 70.2 cm³/mol. The first-order valence-electron chi connectivity index (χ1n) is 5.40. The molecule has 0 aliphatic carbocycles. The van der Waals surface area contributed by atoms with Crippen molar-refractivity contribution in [3.05, 3.63) is 23.2 Å². The molecular weight excluding hydrogens is 240 g/mol. The molecule has 1 aromatic carbocycles. The van der Waals surface area contributed by atoms with Gasteiger partial charge < -0.3 is 15.8 Å². The Morgan fingerprint density at radius 3 is 2.88 bits per heavy atom. The van der Waals surface area contributed by atoms with E-state index >= 15 is 0 Å². The second kappa shape index (κ2) is 6.47. The molecule has 0 aliphatic rings. The Kier molecular flexibility index (Phi) is 5.25. The van der Waals surface area contributed by atoms with E-state index in [4.69, 9.17) is 22.1 Å². The van der Waals surface area contributed by atoms with Crippen molar-refractivity contribution in [2.45, 2.75) is 25.9 Å². The summed E-state index contributed by atoms with van der Waals surface area (Å²) in [6.45, 7) is 1.92. The van der Waals surface area contributed by atoms with Crippen LogP contribution < -0.4 is 11.1 Å². The Balaban J connectivity index is 2.48. The Labute approximate surface area is 106 Å². The van der Waals surface area contributed by atoms with Crippen LogP contribution in [0.3, 0.4) is 0 Å². The van der Waals surface area contributed by atoms with Crippen LogP contribution in [-0.2, 0) is 9.53 Å². The lowest BCUT2D eigenvalue weighted by Gasteiger charge is -2.10. The fourth-order valence-electron chi connectivity index (χ4n) is 1.30. The topological polar surface area (TPSA) is 64.3 Å². The average Bonchev–Trinajstić information content (AvgIpc) is 2.31. The number of nitrogen functional groups attached to an aromatic ring is 1. The van der Waals surface area contributed by atoms with Gasteiger partial charge in [-0.2, -0.15) is 0 Å². The molecule has 4 nitrogen and oxygen atoms in total. The highest BCUT2D eigenvalue weighted by Crippen LogP contribution is 2.22. The van der Waals surface area contributed by atoms with Gasteiger partial charge in [0.05, 0.1) is 16.8 Å². The summed E-state index contributed by atoms with van der Waals surface area (Å²) in [4.78, 5) is 11.6. The molecule has 0 spiro atoms. The van der Waals surface area contributed by atoms with Gasteiger partial charge in [-0.3, -0.25) is 4.79 Å². The number of benzene rings is 1. The summed E-state index contributed by atoms with van der Waals surface area (Å²) in [7, 11) is 1.63. The number of rotatable bonds is 5. The highest BCUT2D eigenvalue weighted by atomic mass is 35.5. The van der Waals surface area contributed by atoms with Crippen LogP contribution in [0.15, 0.2) is 18.2 Å². The monoisotopic (exact) mass is 256 g/mol. The van der Waals surface area contributed by atoms with Gasteiger partial charge in [0.1, 0.15) is 0 Å². The lowest BCUT2D eigenvalue weighted by molar-refractivity contribution is -0.116. The molecule has 0 aliphatic heterocycles. The quantitative estimate of drug-likeness (QED) is 0.796. The fraction of sp³-hybridized carbons (Fsp3) is 0.417. The fourth-order valence-corrected chi connectivity index (χ4v) is 1.41. The second-order valence-electron chi connectivity index (χ2n) is 3.87. The summed E-state index contributed by atoms with van der Waals surface area (Å²) >= 11 is 5.78. The first-order valence-corrected chi connectivity index (χ1v) is 5.78. The second-order valence-corrected chi connectivity index (χ2v) is 4.28. The molecule has 1 amide bonds. The van der Waals surface area contributed by atoms with E-state index in [1.165, 1.54) is 0 Å². The lowest BCUT2D eigenvalue weighted by Crippen LogP contribution is -2.15.